The van der Waals surface area contributed by atoms with Gasteiger partial charge in [-0.25, -0.2) is 4.98 Å². The van der Waals surface area contributed by atoms with Gasteiger partial charge in [0.1, 0.15) is 11.7 Å². The smallest absolute Gasteiger partial charge is 0.123 e. The molecule has 0 unspecified atom stereocenters. The van der Waals surface area contributed by atoms with Crippen LogP contribution in [0, 0.1) is 5.41 Å². The lowest BCUT2D eigenvalue weighted by molar-refractivity contribution is 0.616. The van der Waals surface area contributed by atoms with Gasteiger partial charge in [0.05, 0.1) is 5.52 Å². The van der Waals surface area contributed by atoms with Crippen LogP contribution in [0.4, 0.5) is 5.82 Å². The highest BCUT2D eigenvalue weighted by atomic mass is 15.1. The largest absolute Gasteiger partial charge is 0.384 e. The van der Waals surface area contributed by atoms with Crippen molar-refractivity contribution in [2.24, 2.45) is 0 Å². The Balaban J connectivity index is 1.80. The molecule has 0 fully saturated rings. The van der Waals surface area contributed by atoms with E-state index in [2.05, 4.69) is 67.2 Å². The highest BCUT2D eigenvalue weighted by molar-refractivity contribution is 5.86. The number of nitrogens with two attached hydrogens (primary N) is 1. The summed E-state index contributed by atoms with van der Waals surface area (Å²) in [6.07, 6.45) is 14.7. The summed E-state index contributed by atoms with van der Waals surface area (Å²) < 4.78 is 0. The second-order valence-electron chi connectivity index (χ2n) is 8.90. The molecule has 2 aromatic heterocycles. The van der Waals surface area contributed by atoms with Crippen molar-refractivity contribution in [2.75, 3.05) is 12.8 Å². The number of unbranched alkanes of at least 4 members (excludes halogenated alkanes) is 1. The number of fused-ring (bicyclic) bond motifs is 1. The zero-order valence-electron chi connectivity index (χ0n) is 21.4. The molecule has 182 valence electrons. The third-order valence-electron chi connectivity index (χ3n) is 6.18. The van der Waals surface area contributed by atoms with Crippen LogP contribution in [0.1, 0.15) is 51.2 Å². The summed E-state index contributed by atoms with van der Waals surface area (Å²) in [4.78, 5) is 10.6. The molecule has 0 bridgehead atoms. The predicted octanol–water partition coefficient (Wildman–Crippen LogP) is 6.87. The van der Waals surface area contributed by atoms with Crippen LogP contribution in [0.25, 0.3) is 10.9 Å². The number of nitrogens with zero attached hydrogens (tertiary/aromatic N) is 3. The second kappa shape index (κ2) is 12.7. The molecule has 0 saturated carbocycles. The minimum absolute atomic E-state index is 0.537. The Hall–Kier alpha value is -3.73. The molecule has 0 aliphatic carbocycles. The SMILES string of the molecule is CCC/C=C(/C=C\C(=C(\C)CC)N(C)C(=N)Cc1ccc2ncccc2c1)Cc1ccc(N)nc1. The van der Waals surface area contributed by atoms with Crippen LogP contribution in [0.5, 0.6) is 0 Å². The van der Waals surface area contributed by atoms with Gasteiger partial charge in [-0.3, -0.25) is 10.4 Å². The zero-order chi connectivity index (χ0) is 25.2. The first-order valence-corrected chi connectivity index (χ1v) is 12.3. The third kappa shape index (κ3) is 7.38. The molecule has 3 rings (SSSR count). The molecule has 3 N–H and O–H groups in total. The number of likely N-dealkylation sites (N-methyl/N-ethyl adjacent to an activating group) is 1. The summed E-state index contributed by atoms with van der Waals surface area (Å²) in [5, 5.41) is 9.94. The standard InChI is InChI=1S/C30H37N5/c1-5-7-9-23(18-25-13-16-29(31)34-21-25)12-15-28(22(3)6-2)35(4)30(32)20-24-11-14-27-26(19-24)10-8-17-33-27/h8-17,19,21,32H,5-7,18,20H2,1-4H3,(H2,31,34)/b15-12-,23-9-,28-22+,32-30?. The van der Waals surface area contributed by atoms with E-state index in [0.29, 0.717) is 18.1 Å². The van der Waals surface area contributed by atoms with Crippen molar-refractivity contribution < 1.29 is 0 Å². The minimum Gasteiger partial charge on any atom is -0.384 e. The first kappa shape index (κ1) is 25.9. The second-order valence-corrected chi connectivity index (χ2v) is 8.90. The molecule has 1 aromatic carbocycles. The zero-order valence-corrected chi connectivity index (χ0v) is 21.4. The molecule has 0 radical (unpaired) electrons. The van der Waals surface area contributed by atoms with E-state index in [1.807, 2.05) is 48.6 Å². The summed E-state index contributed by atoms with van der Waals surface area (Å²) in [7, 11) is 1.99. The number of aromatic nitrogens is 2. The minimum atomic E-state index is 0.537. The number of benzene rings is 1. The Bertz CT molecular complexity index is 1240. The highest BCUT2D eigenvalue weighted by Crippen LogP contribution is 2.20. The van der Waals surface area contributed by atoms with Crippen molar-refractivity contribution in [1.82, 2.24) is 14.9 Å². The Morgan fingerprint density at radius 2 is 1.83 bits per heavy atom. The van der Waals surface area contributed by atoms with Crippen LogP contribution < -0.4 is 5.73 Å². The maximum atomic E-state index is 8.84. The highest BCUT2D eigenvalue weighted by Gasteiger charge is 2.12. The normalized spacial score (nSPS) is 12.7. The number of allylic oxidation sites excluding steroid dienone is 5. The number of rotatable bonds is 10. The number of nitrogen functional groups attached to an aromatic ring is 1. The number of nitrogens with one attached hydrogen (secondary N) is 1. The maximum Gasteiger partial charge on any atom is 0.123 e. The molecule has 0 atom stereocenters. The summed E-state index contributed by atoms with van der Waals surface area (Å²) >= 11 is 0. The van der Waals surface area contributed by atoms with Gasteiger partial charge in [-0.05, 0) is 78.8 Å². The van der Waals surface area contributed by atoms with E-state index in [4.69, 9.17) is 11.1 Å². The first-order chi connectivity index (χ1) is 16.9. The fourth-order valence-electron chi connectivity index (χ4n) is 3.90. The van der Waals surface area contributed by atoms with E-state index in [1.54, 1.807) is 0 Å². The molecule has 5 heteroatoms. The van der Waals surface area contributed by atoms with Crippen LogP contribution in [-0.4, -0.2) is 27.8 Å². The van der Waals surface area contributed by atoms with Crippen molar-refractivity contribution in [2.45, 2.75) is 52.9 Å². The molecule has 3 aromatic rings. The average molecular weight is 468 g/mol. The van der Waals surface area contributed by atoms with E-state index in [1.165, 1.54) is 11.1 Å². The van der Waals surface area contributed by atoms with Crippen molar-refractivity contribution in [3.8, 4) is 0 Å². The van der Waals surface area contributed by atoms with E-state index >= 15 is 0 Å². The molecular weight excluding hydrogens is 430 g/mol. The summed E-state index contributed by atoms with van der Waals surface area (Å²) in [5.74, 6) is 1.09. The first-order valence-electron chi connectivity index (χ1n) is 12.3. The molecule has 0 saturated heterocycles. The Kier molecular flexibility index (Phi) is 9.36. The fourth-order valence-corrected chi connectivity index (χ4v) is 3.90. The molecular formula is C30H37N5. The van der Waals surface area contributed by atoms with E-state index < -0.39 is 0 Å². The lowest BCUT2D eigenvalue weighted by Crippen LogP contribution is -2.27. The average Bonchev–Trinajstić information content (AvgIpc) is 2.87. The number of amidine groups is 1. The van der Waals surface area contributed by atoms with E-state index in [-0.39, 0.29) is 0 Å². The van der Waals surface area contributed by atoms with Gasteiger partial charge in [0, 0.05) is 36.9 Å². The van der Waals surface area contributed by atoms with Crippen molar-refractivity contribution in [1.29, 1.82) is 5.41 Å². The van der Waals surface area contributed by atoms with Gasteiger partial charge in [-0.15, -0.1) is 0 Å². The number of hydrogen-bond donors (Lipinski definition) is 2. The lowest BCUT2D eigenvalue weighted by Gasteiger charge is -2.24. The molecule has 2 heterocycles. The van der Waals surface area contributed by atoms with Crippen LogP contribution in [0.15, 0.2) is 89.9 Å². The number of pyridine rings is 2. The van der Waals surface area contributed by atoms with Gasteiger partial charge in [0.25, 0.3) is 0 Å². The Morgan fingerprint density at radius 1 is 1.03 bits per heavy atom. The van der Waals surface area contributed by atoms with Gasteiger partial charge < -0.3 is 10.6 Å². The summed E-state index contributed by atoms with van der Waals surface area (Å²) in [5.41, 5.74) is 12.5. The van der Waals surface area contributed by atoms with Gasteiger partial charge >= 0.3 is 0 Å². The van der Waals surface area contributed by atoms with E-state index in [0.717, 1.165) is 53.4 Å². The van der Waals surface area contributed by atoms with Crippen LogP contribution in [0.3, 0.4) is 0 Å². The molecule has 0 aliphatic heterocycles. The molecule has 0 aliphatic rings. The summed E-state index contributed by atoms with van der Waals surface area (Å²) in [6.45, 7) is 6.49. The van der Waals surface area contributed by atoms with Gasteiger partial charge in [0.2, 0.25) is 0 Å². The molecule has 0 spiro atoms. The van der Waals surface area contributed by atoms with Crippen molar-refractivity contribution in [3.05, 3.63) is 101 Å². The topological polar surface area (TPSA) is 78.9 Å². The van der Waals surface area contributed by atoms with E-state index in [9.17, 15) is 0 Å². The monoisotopic (exact) mass is 467 g/mol. The Labute approximate surface area is 209 Å². The van der Waals surface area contributed by atoms with Crippen molar-refractivity contribution >= 4 is 22.6 Å². The quantitative estimate of drug-likeness (QED) is 0.194. The maximum absolute atomic E-state index is 8.84. The number of anilines is 1. The predicted molar refractivity (Wildman–Crippen MR) is 148 cm³/mol. The van der Waals surface area contributed by atoms with Gasteiger partial charge in [-0.1, -0.05) is 50.6 Å². The molecule has 0 amide bonds. The lowest BCUT2D eigenvalue weighted by atomic mass is 10.0. The fraction of sp³-hybridized carbons (Fsp3) is 0.300. The van der Waals surface area contributed by atoms with Gasteiger partial charge in [0.15, 0.2) is 0 Å². The molecule has 5 nitrogen and oxygen atoms in total. The summed E-state index contributed by atoms with van der Waals surface area (Å²) in [6, 6.07) is 14.1. The van der Waals surface area contributed by atoms with Crippen LogP contribution >= 0.6 is 0 Å². The molecule has 35 heavy (non-hydrogen) atoms. The van der Waals surface area contributed by atoms with Crippen LogP contribution in [-0.2, 0) is 12.8 Å². The third-order valence-corrected chi connectivity index (χ3v) is 6.18. The number of hydrogen-bond acceptors (Lipinski definition) is 4. The van der Waals surface area contributed by atoms with Crippen LogP contribution in [0.2, 0.25) is 0 Å². The van der Waals surface area contributed by atoms with Crippen molar-refractivity contribution in [3.63, 3.8) is 0 Å². The van der Waals surface area contributed by atoms with Gasteiger partial charge in [-0.2, -0.15) is 0 Å². The Morgan fingerprint density at radius 3 is 2.54 bits per heavy atom.